The van der Waals surface area contributed by atoms with Crippen molar-refractivity contribution in [2.45, 2.75) is 37.8 Å². The van der Waals surface area contributed by atoms with E-state index in [0.29, 0.717) is 26.0 Å². The molecule has 5 nitrogen and oxygen atoms in total. The molecule has 0 bridgehead atoms. The van der Waals surface area contributed by atoms with E-state index in [1.165, 1.54) is 4.90 Å². The number of nitrogens with one attached hydrogen (secondary N) is 1. The lowest BCUT2D eigenvalue weighted by atomic mass is 10.1. The lowest BCUT2D eigenvalue weighted by Crippen LogP contribution is -2.54. The number of ether oxygens (including phenoxy) is 1. The van der Waals surface area contributed by atoms with Gasteiger partial charge in [-0.15, -0.1) is 0 Å². The van der Waals surface area contributed by atoms with Crippen LogP contribution in [0.4, 0.5) is 8.78 Å². The van der Waals surface area contributed by atoms with Crippen LogP contribution in [-0.2, 0) is 14.3 Å². The summed E-state index contributed by atoms with van der Waals surface area (Å²) >= 11 is 0. The molecule has 0 aromatic rings. The van der Waals surface area contributed by atoms with Gasteiger partial charge in [-0.05, 0) is 6.42 Å². The second kappa shape index (κ2) is 5.60. The van der Waals surface area contributed by atoms with Crippen molar-refractivity contribution in [2.24, 2.45) is 0 Å². The van der Waals surface area contributed by atoms with Gasteiger partial charge in [-0.3, -0.25) is 9.59 Å². The van der Waals surface area contributed by atoms with E-state index in [9.17, 15) is 18.4 Å². The van der Waals surface area contributed by atoms with Crippen molar-refractivity contribution in [3.63, 3.8) is 0 Å². The first kappa shape index (κ1) is 13.2. The zero-order chi connectivity index (χ0) is 13.1. The molecule has 0 saturated carbocycles. The molecule has 18 heavy (non-hydrogen) atoms. The molecule has 2 heterocycles. The number of amides is 2. The highest BCUT2D eigenvalue weighted by Gasteiger charge is 2.36. The molecular formula is C11H16F2N2O3. The van der Waals surface area contributed by atoms with Gasteiger partial charge < -0.3 is 15.0 Å². The van der Waals surface area contributed by atoms with E-state index >= 15 is 0 Å². The van der Waals surface area contributed by atoms with Gasteiger partial charge in [0, 0.05) is 19.4 Å². The summed E-state index contributed by atoms with van der Waals surface area (Å²) in [6.07, 6.45) is -2.09. The minimum Gasteiger partial charge on any atom is -0.377 e. The SMILES string of the molecule is O=C1CC[C@H](C(=O)N2CCOCC2CC(F)F)N1. The lowest BCUT2D eigenvalue weighted by molar-refractivity contribution is -0.144. The predicted octanol–water partition coefficient (Wildman–Crippen LogP) is 0.148. The monoisotopic (exact) mass is 262 g/mol. The van der Waals surface area contributed by atoms with Gasteiger partial charge in [0.05, 0.1) is 19.3 Å². The molecule has 2 amide bonds. The highest BCUT2D eigenvalue weighted by molar-refractivity contribution is 5.91. The molecule has 1 unspecified atom stereocenters. The minimum atomic E-state index is -2.47. The standard InChI is InChI=1S/C11H16F2N2O3/c12-9(13)5-7-6-18-4-3-15(7)11(17)8-1-2-10(16)14-8/h7-9H,1-6H2,(H,14,16)/t7?,8-/m1/s1. The summed E-state index contributed by atoms with van der Waals surface area (Å²) in [6, 6.07) is -1.15. The van der Waals surface area contributed by atoms with Crippen molar-refractivity contribution in [1.29, 1.82) is 0 Å². The predicted molar refractivity (Wildman–Crippen MR) is 58.1 cm³/mol. The molecule has 102 valence electrons. The molecular weight excluding hydrogens is 246 g/mol. The van der Waals surface area contributed by atoms with Crippen molar-refractivity contribution in [3.8, 4) is 0 Å². The van der Waals surface area contributed by atoms with Crippen LogP contribution in [0.3, 0.4) is 0 Å². The first-order chi connectivity index (χ1) is 8.58. The molecule has 7 heteroatoms. The van der Waals surface area contributed by atoms with Crippen molar-refractivity contribution in [3.05, 3.63) is 0 Å². The first-order valence-corrected chi connectivity index (χ1v) is 6.03. The molecule has 2 aliphatic heterocycles. The Kier molecular flexibility index (Phi) is 4.11. The molecule has 0 aromatic heterocycles. The van der Waals surface area contributed by atoms with Gasteiger partial charge in [0.2, 0.25) is 18.2 Å². The number of carbonyl (C=O) groups excluding carboxylic acids is 2. The smallest absolute Gasteiger partial charge is 0.245 e. The molecule has 2 rings (SSSR count). The Hall–Kier alpha value is -1.24. The van der Waals surface area contributed by atoms with Crippen LogP contribution in [0.5, 0.6) is 0 Å². The summed E-state index contributed by atoms with van der Waals surface area (Å²) in [4.78, 5) is 24.6. The summed E-state index contributed by atoms with van der Waals surface area (Å²) in [5.74, 6) is -0.429. The zero-order valence-electron chi connectivity index (χ0n) is 9.90. The molecule has 2 aliphatic rings. The van der Waals surface area contributed by atoms with Gasteiger partial charge in [0.1, 0.15) is 6.04 Å². The zero-order valence-corrected chi connectivity index (χ0v) is 9.90. The maximum atomic E-state index is 12.4. The molecule has 2 saturated heterocycles. The fraction of sp³-hybridized carbons (Fsp3) is 0.818. The Morgan fingerprint density at radius 3 is 2.94 bits per heavy atom. The average molecular weight is 262 g/mol. The molecule has 2 atom stereocenters. The number of halogens is 2. The van der Waals surface area contributed by atoms with Gasteiger partial charge in [-0.1, -0.05) is 0 Å². The number of carbonyl (C=O) groups is 2. The van der Waals surface area contributed by atoms with Gasteiger partial charge in [-0.25, -0.2) is 8.78 Å². The molecule has 0 radical (unpaired) electrons. The van der Waals surface area contributed by atoms with E-state index in [1.54, 1.807) is 0 Å². The van der Waals surface area contributed by atoms with Crippen LogP contribution in [0.25, 0.3) is 0 Å². The van der Waals surface area contributed by atoms with E-state index in [0.717, 1.165) is 0 Å². The number of morpholine rings is 1. The van der Waals surface area contributed by atoms with Crippen LogP contribution < -0.4 is 5.32 Å². The number of nitrogens with zero attached hydrogens (tertiary/aromatic N) is 1. The Morgan fingerprint density at radius 2 is 2.33 bits per heavy atom. The van der Waals surface area contributed by atoms with Crippen molar-refractivity contribution in [2.75, 3.05) is 19.8 Å². The third-order valence-corrected chi connectivity index (χ3v) is 3.25. The molecule has 2 fully saturated rings. The summed E-state index contributed by atoms with van der Waals surface area (Å²) in [5.41, 5.74) is 0. The summed E-state index contributed by atoms with van der Waals surface area (Å²) < 4.78 is 30.0. The van der Waals surface area contributed by atoms with Crippen LogP contribution in [0.2, 0.25) is 0 Å². The maximum Gasteiger partial charge on any atom is 0.245 e. The van der Waals surface area contributed by atoms with E-state index in [2.05, 4.69) is 5.32 Å². The van der Waals surface area contributed by atoms with Crippen LogP contribution in [0, 0.1) is 0 Å². The second-order valence-electron chi connectivity index (χ2n) is 4.55. The van der Waals surface area contributed by atoms with Crippen LogP contribution >= 0.6 is 0 Å². The van der Waals surface area contributed by atoms with Crippen molar-refractivity contribution < 1.29 is 23.1 Å². The van der Waals surface area contributed by atoms with Crippen LogP contribution in [-0.4, -0.2) is 55.0 Å². The van der Waals surface area contributed by atoms with E-state index in [4.69, 9.17) is 4.74 Å². The third kappa shape index (κ3) is 2.95. The Bertz CT molecular complexity index is 338. The second-order valence-corrected chi connectivity index (χ2v) is 4.55. The van der Waals surface area contributed by atoms with Crippen LogP contribution in [0.1, 0.15) is 19.3 Å². The third-order valence-electron chi connectivity index (χ3n) is 3.25. The molecule has 0 aliphatic carbocycles. The highest BCUT2D eigenvalue weighted by Crippen LogP contribution is 2.18. The molecule has 0 aromatic carbocycles. The summed E-state index contributed by atoms with van der Waals surface area (Å²) in [6.45, 7) is 0.797. The Balaban J connectivity index is 1.99. The number of alkyl halides is 2. The summed E-state index contributed by atoms with van der Waals surface area (Å²) in [5, 5.41) is 2.57. The van der Waals surface area contributed by atoms with Crippen molar-refractivity contribution in [1.82, 2.24) is 10.2 Å². The Labute approximate surface area is 103 Å². The van der Waals surface area contributed by atoms with Gasteiger partial charge >= 0.3 is 0 Å². The fourth-order valence-electron chi connectivity index (χ4n) is 2.35. The first-order valence-electron chi connectivity index (χ1n) is 6.03. The van der Waals surface area contributed by atoms with Gasteiger partial charge in [0.15, 0.2) is 0 Å². The van der Waals surface area contributed by atoms with E-state index < -0.39 is 18.5 Å². The van der Waals surface area contributed by atoms with Gasteiger partial charge in [-0.2, -0.15) is 0 Å². The number of hydrogen-bond donors (Lipinski definition) is 1. The normalized spacial score (nSPS) is 28.6. The average Bonchev–Trinajstić information content (AvgIpc) is 2.75. The quantitative estimate of drug-likeness (QED) is 0.787. The molecule has 0 spiro atoms. The Morgan fingerprint density at radius 1 is 1.56 bits per heavy atom. The molecule has 1 N–H and O–H groups in total. The number of hydrogen-bond acceptors (Lipinski definition) is 3. The van der Waals surface area contributed by atoms with E-state index in [-0.39, 0.29) is 24.8 Å². The van der Waals surface area contributed by atoms with Gasteiger partial charge in [0.25, 0.3) is 0 Å². The maximum absolute atomic E-state index is 12.4. The summed E-state index contributed by atoms with van der Waals surface area (Å²) in [7, 11) is 0. The minimum absolute atomic E-state index is 0.136. The van der Waals surface area contributed by atoms with Crippen molar-refractivity contribution >= 4 is 11.8 Å². The largest absolute Gasteiger partial charge is 0.377 e. The van der Waals surface area contributed by atoms with E-state index in [1.807, 2.05) is 0 Å². The highest BCUT2D eigenvalue weighted by atomic mass is 19.3. The fourth-order valence-corrected chi connectivity index (χ4v) is 2.35. The lowest BCUT2D eigenvalue weighted by Gasteiger charge is -2.36. The number of rotatable bonds is 3. The van der Waals surface area contributed by atoms with Crippen LogP contribution in [0.15, 0.2) is 0 Å². The topological polar surface area (TPSA) is 58.6 Å².